The highest BCUT2D eigenvalue weighted by Crippen LogP contribution is 2.22. The summed E-state index contributed by atoms with van der Waals surface area (Å²) in [6.07, 6.45) is 0. The number of hydrogen-bond acceptors (Lipinski definition) is 3. The lowest BCUT2D eigenvalue weighted by Gasteiger charge is -2.07. The molecule has 21 heavy (non-hydrogen) atoms. The van der Waals surface area contributed by atoms with Crippen molar-refractivity contribution in [3.05, 3.63) is 70.4 Å². The summed E-state index contributed by atoms with van der Waals surface area (Å²) < 4.78 is 31.8. The van der Waals surface area contributed by atoms with Crippen LogP contribution in [-0.2, 0) is 6.61 Å². The standard InChI is InChI=1S/C16H11F2NOS/c17-13-5-4-11(14(18)8-13)9-20-16-3-1-2-15(19-16)12-6-7-21-10-12/h1-8,10H,9H2. The number of ether oxygens (including phenoxy) is 1. The quantitative estimate of drug-likeness (QED) is 0.699. The van der Waals surface area contributed by atoms with Crippen LogP contribution in [0.5, 0.6) is 5.88 Å². The SMILES string of the molecule is Fc1ccc(COc2cccc(-c3ccsc3)n2)c(F)c1. The molecule has 0 saturated carbocycles. The average molecular weight is 303 g/mol. The Kier molecular flexibility index (Phi) is 3.92. The molecule has 5 heteroatoms. The monoisotopic (exact) mass is 303 g/mol. The predicted octanol–water partition coefficient (Wildman–Crippen LogP) is 4.67. The Balaban J connectivity index is 1.75. The molecule has 0 saturated heterocycles. The zero-order chi connectivity index (χ0) is 14.7. The van der Waals surface area contributed by atoms with Crippen LogP contribution < -0.4 is 4.74 Å². The van der Waals surface area contributed by atoms with Gasteiger partial charge in [-0.2, -0.15) is 11.3 Å². The van der Waals surface area contributed by atoms with Gasteiger partial charge in [0, 0.05) is 28.6 Å². The molecule has 1 aromatic carbocycles. The summed E-state index contributed by atoms with van der Waals surface area (Å²) in [7, 11) is 0. The minimum absolute atomic E-state index is 0.00615. The highest BCUT2D eigenvalue weighted by atomic mass is 32.1. The van der Waals surface area contributed by atoms with Crippen molar-refractivity contribution in [3.8, 4) is 17.1 Å². The van der Waals surface area contributed by atoms with Crippen LogP contribution in [0, 0.1) is 11.6 Å². The average Bonchev–Trinajstić information content (AvgIpc) is 3.01. The summed E-state index contributed by atoms with van der Waals surface area (Å²) in [6.45, 7) is 0.00615. The lowest BCUT2D eigenvalue weighted by Crippen LogP contribution is -2.00. The Morgan fingerprint density at radius 3 is 2.76 bits per heavy atom. The molecule has 0 unspecified atom stereocenters. The van der Waals surface area contributed by atoms with Gasteiger partial charge < -0.3 is 4.74 Å². The summed E-state index contributed by atoms with van der Waals surface area (Å²) in [6, 6.07) is 10.8. The van der Waals surface area contributed by atoms with E-state index in [2.05, 4.69) is 4.98 Å². The molecule has 106 valence electrons. The largest absolute Gasteiger partial charge is 0.473 e. The van der Waals surface area contributed by atoms with Crippen molar-refractivity contribution in [2.75, 3.05) is 0 Å². The Bertz CT molecular complexity index is 744. The number of nitrogens with zero attached hydrogens (tertiary/aromatic N) is 1. The van der Waals surface area contributed by atoms with Gasteiger partial charge >= 0.3 is 0 Å². The van der Waals surface area contributed by atoms with Gasteiger partial charge in [-0.1, -0.05) is 6.07 Å². The van der Waals surface area contributed by atoms with Crippen molar-refractivity contribution >= 4 is 11.3 Å². The van der Waals surface area contributed by atoms with Gasteiger partial charge in [-0.05, 0) is 29.6 Å². The molecule has 0 aliphatic heterocycles. The van der Waals surface area contributed by atoms with E-state index in [-0.39, 0.29) is 6.61 Å². The second-order valence-electron chi connectivity index (χ2n) is 4.40. The van der Waals surface area contributed by atoms with E-state index in [9.17, 15) is 8.78 Å². The predicted molar refractivity (Wildman–Crippen MR) is 78.2 cm³/mol. The van der Waals surface area contributed by atoms with Crippen LogP contribution >= 0.6 is 11.3 Å². The fourth-order valence-corrected chi connectivity index (χ4v) is 2.51. The minimum atomic E-state index is -0.621. The van der Waals surface area contributed by atoms with Crippen molar-refractivity contribution < 1.29 is 13.5 Å². The first-order chi connectivity index (χ1) is 10.2. The van der Waals surface area contributed by atoms with Crippen molar-refractivity contribution in [2.24, 2.45) is 0 Å². The highest BCUT2D eigenvalue weighted by Gasteiger charge is 2.06. The molecule has 2 heterocycles. The number of pyridine rings is 1. The minimum Gasteiger partial charge on any atom is -0.473 e. The first-order valence-electron chi connectivity index (χ1n) is 6.29. The van der Waals surface area contributed by atoms with Crippen LogP contribution in [-0.4, -0.2) is 4.98 Å². The number of rotatable bonds is 4. The summed E-state index contributed by atoms with van der Waals surface area (Å²) in [5, 5.41) is 3.96. The number of benzene rings is 1. The normalized spacial score (nSPS) is 10.6. The number of hydrogen-bond donors (Lipinski definition) is 0. The highest BCUT2D eigenvalue weighted by molar-refractivity contribution is 7.08. The maximum Gasteiger partial charge on any atom is 0.214 e. The Labute approximate surface area is 124 Å². The van der Waals surface area contributed by atoms with E-state index in [0.29, 0.717) is 11.4 Å². The third-order valence-corrected chi connectivity index (χ3v) is 3.61. The van der Waals surface area contributed by atoms with E-state index in [0.717, 1.165) is 17.3 Å². The smallest absolute Gasteiger partial charge is 0.214 e. The first-order valence-corrected chi connectivity index (χ1v) is 7.23. The molecule has 0 aliphatic rings. The molecular weight excluding hydrogens is 292 g/mol. The van der Waals surface area contributed by atoms with Gasteiger partial charge in [0.05, 0.1) is 5.69 Å². The summed E-state index contributed by atoms with van der Waals surface area (Å²) in [4.78, 5) is 4.37. The molecule has 2 aromatic heterocycles. The van der Waals surface area contributed by atoms with E-state index in [4.69, 9.17) is 4.74 Å². The topological polar surface area (TPSA) is 22.1 Å². The summed E-state index contributed by atoms with van der Waals surface area (Å²) in [5.74, 6) is -0.819. The third-order valence-electron chi connectivity index (χ3n) is 2.93. The van der Waals surface area contributed by atoms with E-state index >= 15 is 0 Å². The van der Waals surface area contributed by atoms with Gasteiger partial charge in [0.15, 0.2) is 0 Å². The number of thiophene rings is 1. The molecule has 3 aromatic rings. The summed E-state index contributed by atoms with van der Waals surface area (Å²) in [5.41, 5.74) is 2.10. The van der Waals surface area contributed by atoms with E-state index in [1.807, 2.05) is 29.0 Å². The second-order valence-corrected chi connectivity index (χ2v) is 5.18. The van der Waals surface area contributed by atoms with Gasteiger partial charge in [-0.25, -0.2) is 13.8 Å². The van der Waals surface area contributed by atoms with Crippen LogP contribution in [0.2, 0.25) is 0 Å². The Hall–Kier alpha value is -2.27. The van der Waals surface area contributed by atoms with Crippen LogP contribution in [0.1, 0.15) is 5.56 Å². The van der Waals surface area contributed by atoms with Gasteiger partial charge in [0.1, 0.15) is 18.2 Å². The molecule has 2 nitrogen and oxygen atoms in total. The fourth-order valence-electron chi connectivity index (χ4n) is 1.86. The molecule has 0 fully saturated rings. The van der Waals surface area contributed by atoms with Crippen LogP contribution in [0.25, 0.3) is 11.3 Å². The molecule has 0 N–H and O–H groups in total. The summed E-state index contributed by atoms with van der Waals surface area (Å²) >= 11 is 1.59. The molecule has 3 rings (SSSR count). The molecular formula is C16H11F2NOS. The van der Waals surface area contributed by atoms with Gasteiger partial charge in [0.25, 0.3) is 0 Å². The van der Waals surface area contributed by atoms with Crippen molar-refractivity contribution in [1.29, 1.82) is 0 Å². The van der Waals surface area contributed by atoms with Crippen LogP contribution in [0.3, 0.4) is 0 Å². The molecule has 0 atom stereocenters. The van der Waals surface area contributed by atoms with E-state index in [1.54, 1.807) is 17.4 Å². The lowest BCUT2D eigenvalue weighted by molar-refractivity contribution is 0.288. The molecule has 0 radical (unpaired) electrons. The van der Waals surface area contributed by atoms with Crippen molar-refractivity contribution in [2.45, 2.75) is 6.61 Å². The van der Waals surface area contributed by atoms with Gasteiger partial charge in [0.2, 0.25) is 5.88 Å². The number of aromatic nitrogens is 1. The molecule has 0 bridgehead atoms. The maximum atomic E-state index is 13.5. The lowest BCUT2D eigenvalue weighted by atomic mass is 10.2. The maximum absolute atomic E-state index is 13.5. The van der Waals surface area contributed by atoms with Crippen LogP contribution in [0.4, 0.5) is 8.78 Å². The van der Waals surface area contributed by atoms with Crippen LogP contribution in [0.15, 0.2) is 53.2 Å². The zero-order valence-electron chi connectivity index (χ0n) is 10.9. The van der Waals surface area contributed by atoms with Crippen molar-refractivity contribution in [1.82, 2.24) is 4.98 Å². The first kappa shape index (κ1) is 13.7. The van der Waals surface area contributed by atoms with Gasteiger partial charge in [-0.3, -0.25) is 0 Å². The Morgan fingerprint density at radius 2 is 2.00 bits per heavy atom. The van der Waals surface area contributed by atoms with E-state index < -0.39 is 11.6 Å². The molecule has 0 amide bonds. The Morgan fingerprint density at radius 1 is 1.10 bits per heavy atom. The zero-order valence-corrected chi connectivity index (χ0v) is 11.7. The van der Waals surface area contributed by atoms with Crippen molar-refractivity contribution in [3.63, 3.8) is 0 Å². The molecule has 0 spiro atoms. The van der Waals surface area contributed by atoms with E-state index in [1.165, 1.54) is 12.1 Å². The third kappa shape index (κ3) is 3.25. The molecule has 0 aliphatic carbocycles. The fraction of sp³-hybridized carbons (Fsp3) is 0.0625. The van der Waals surface area contributed by atoms with Gasteiger partial charge in [-0.15, -0.1) is 0 Å². The number of halogens is 2. The second kappa shape index (κ2) is 6.01.